The molecule has 17 heavy (non-hydrogen) atoms. The molecule has 2 rings (SSSR count). The number of nitrogens with zero attached hydrogens (tertiary/aromatic N) is 1. The highest BCUT2D eigenvalue weighted by atomic mass is 19.1. The van der Waals surface area contributed by atoms with Gasteiger partial charge in [-0.25, -0.2) is 9.37 Å². The van der Waals surface area contributed by atoms with Gasteiger partial charge in [0.25, 0.3) is 0 Å². The van der Waals surface area contributed by atoms with E-state index in [1.165, 1.54) is 6.07 Å². The van der Waals surface area contributed by atoms with E-state index in [0.717, 1.165) is 16.5 Å². The van der Waals surface area contributed by atoms with E-state index in [0.29, 0.717) is 11.3 Å². The summed E-state index contributed by atoms with van der Waals surface area (Å²) in [5, 5.41) is 0.837. The number of halogens is 1. The molecule has 0 unspecified atom stereocenters. The molecular weight excluding hydrogens is 215 g/mol. The molecule has 1 aromatic carbocycles. The lowest BCUT2D eigenvalue weighted by Crippen LogP contribution is -2.15. The van der Waals surface area contributed by atoms with Crippen molar-refractivity contribution in [1.29, 1.82) is 0 Å². The Morgan fingerprint density at radius 1 is 1.24 bits per heavy atom. The van der Waals surface area contributed by atoms with Gasteiger partial charge in [-0.05, 0) is 30.0 Å². The summed E-state index contributed by atoms with van der Waals surface area (Å²) in [7, 11) is 0. The Bertz CT molecular complexity index is 583. The van der Waals surface area contributed by atoms with Crippen LogP contribution in [0.2, 0.25) is 0 Å². The first-order valence-corrected chi connectivity index (χ1v) is 5.66. The van der Waals surface area contributed by atoms with Gasteiger partial charge in [0.2, 0.25) is 0 Å². The van der Waals surface area contributed by atoms with Gasteiger partial charge in [-0.1, -0.05) is 26.8 Å². The Morgan fingerprint density at radius 3 is 2.47 bits per heavy atom. The van der Waals surface area contributed by atoms with Gasteiger partial charge in [-0.15, -0.1) is 0 Å². The fourth-order valence-corrected chi connectivity index (χ4v) is 1.98. The standard InChI is InChI=1S/C14H17FN2/c1-8-5-6-11(15)12-9(8)7-10(13(16)17-12)14(2,3)4/h5-7H,1-4H3,(H2,16,17). The summed E-state index contributed by atoms with van der Waals surface area (Å²) < 4.78 is 13.7. The molecule has 1 heterocycles. The number of hydrogen-bond acceptors (Lipinski definition) is 2. The minimum atomic E-state index is -0.322. The van der Waals surface area contributed by atoms with E-state index in [4.69, 9.17) is 5.73 Å². The quantitative estimate of drug-likeness (QED) is 0.754. The van der Waals surface area contributed by atoms with Crippen LogP contribution in [0.4, 0.5) is 10.2 Å². The Labute approximate surface area is 101 Å². The first-order chi connectivity index (χ1) is 7.80. The Hall–Kier alpha value is -1.64. The predicted octanol–water partition coefficient (Wildman–Crippen LogP) is 3.56. The summed E-state index contributed by atoms with van der Waals surface area (Å²) in [5.74, 6) is 0.0901. The van der Waals surface area contributed by atoms with Crippen molar-refractivity contribution in [3.63, 3.8) is 0 Å². The molecule has 0 spiro atoms. The summed E-state index contributed by atoms with van der Waals surface area (Å²) >= 11 is 0. The second-order valence-corrected chi connectivity index (χ2v) is 5.43. The molecule has 3 heteroatoms. The Kier molecular flexibility index (Phi) is 2.57. The maximum atomic E-state index is 13.7. The predicted molar refractivity (Wildman–Crippen MR) is 69.6 cm³/mol. The van der Waals surface area contributed by atoms with Crippen molar-refractivity contribution in [3.05, 3.63) is 35.1 Å². The van der Waals surface area contributed by atoms with Crippen LogP contribution in [-0.2, 0) is 5.41 Å². The van der Waals surface area contributed by atoms with Gasteiger partial charge in [0.15, 0.2) is 0 Å². The molecule has 1 aromatic heterocycles. The number of fused-ring (bicyclic) bond motifs is 1. The minimum Gasteiger partial charge on any atom is -0.383 e. The normalized spacial score (nSPS) is 12.1. The van der Waals surface area contributed by atoms with Crippen molar-refractivity contribution >= 4 is 16.7 Å². The first kappa shape index (κ1) is 11.8. The van der Waals surface area contributed by atoms with Gasteiger partial charge in [0.1, 0.15) is 17.2 Å². The second-order valence-electron chi connectivity index (χ2n) is 5.43. The number of pyridine rings is 1. The number of aryl methyl sites for hydroxylation is 1. The highest BCUT2D eigenvalue weighted by Crippen LogP contribution is 2.31. The summed E-state index contributed by atoms with van der Waals surface area (Å²) in [6.07, 6.45) is 0. The van der Waals surface area contributed by atoms with Gasteiger partial charge < -0.3 is 5.73 Å². The molecule has 0 fully saturated rings. The Morgan fingerprint density at radius 2 is 1.88 bits per heavy atom. The van der Waals surface area contributed by atoms with Crippen molar-refractivity contribution in [2.24, 2.45) is 0 Å². The van der Waals surface area contributed by atoms with Crippen molar-refractivity contribution in [3.8, 4) is 0 Å². The van der Waals surface area contributed by atoms with Crippen LogP contribution in [0.15, 0.2) is 18.2 Å². The van der Waals surface area contributed by atoms with E-state index in [2.05, 4.69) is 25.8 Å². The number of hydrogen-bond donors (Lipinski definition) is 1. The largest absolute Gasteiger partial charge is 0.383 e. The smallest absolute Gasteiger partial charge is 0.149 e. The maximum Gasteiger partial charge on any atom is 0.149 e. The van der Waals surface area contributed by atoms with E-state index in [-0.39, 0.29) is 11.2 Å². The molecule has 0 saturated heterocycles. The fraction of sp³-hybridized carbons (Fsp3) is 0.357. The molecule has 0 saturated carbocycles. The Balaban J connectivity index is 2.85. The van der Waals surface area contributed by atoms with Crippen LogP contribution in [0.25, 0.3) is 10.9 Å². The van der Waals surface area contributed by atoms with Crippen molar-refractivity contribution < 1.29 is 4.39 Å². The molecule has 0 radical (unpaired) electrons. The summed E-state index contributed by atoms with van der Waals surface area (Å²) in [6, 6.07) is 5.15. The van der Waals surface area contributed by atoms with Crippen LogP contribution < -0.4 is 5.73 Å². The van der Waals surface area contributed by atoms with Crippen LogP contribution in [0.1, 0.15) is 31.9 Å². The number of benzene rings is 1. The van der Waals surface area contributed by atoms with Crippen molar-refractivity contribution in [2.45, 2.75) is 33.1 Å². The monoisotopic (exact) mass is 232 g/mol. The lowest BCUT2D eigenvalue weighted by molar-refractivity contribution is 0.590. The molecule has 0 aliphatic carbocycles. The van der Waals surface area contributed by atoms with Crippen LogP contribution in [0.5, 0.6) is 0 Å². The summed E-state index contributed by atoms with van der Waals surface area (Å²) in [6.45, 7) is 8.16. The number of rotatable bonds is 0. The average Bonchev–Trinajstić information content (AvgIpc) is 2.21. The topological polar surface area (TPSA) is 38.9 Å². The molecule has 0 atom stereocenters. The molecule has 0 bridgehead atoms. The minimum absolute atomic E-state index is 0.0932. The fourth-order valence-electron chi connectivity index (χ4n) is 1.98. The third kappa shape index (κ3) is 1.97. The number of anilines is 1. The van der Waals surface area contributed by atoms with E-state index < -0.39 is 0 Å². The third-order valence-corrected chi connectivity index (χ3v) is 2.99. The lowest BCUT2D eigenvalue weighted by Gasteiger charge is -2.21. The van der Waals surface area contributed by atoms with Crippen LogP contribution in [0.3, 0.4) is 0 Å². The van der Waals surface area contributed by atoms with E-state index in [1.54, 1.807) is 6.07 Å². The molecular formula is C14H17FN2. The zero-order valence-electron chi connectivity index (χ0n) is 10.6. The zero-order valence-corrected chi connectivity index (χ0v) is 10.6. The zero-order chi connectivity index (χ0) is 12.8. The van der Waals surface area contributed by atoms with Gasteiger partial charge in [-0.2, -0.15) is 0 Å². The molecule has 0 aliphatic heterocycles. The second kappa shape index (κ2) is 3.69. The van der Waals surface area contributed by atoms with Gasteiger partial charge in [-0.3, -0.25) is 0 Å². The van der Waals surface area contributed by atoms with Crippen LogP contribution in [-0.4, -0.2) is 4.98 Å². The van der Waals surface area contributed by atoms with Gasteiger partial charge in [0.05, 0.1) is 0 Å². The van der Waals surface area contributed by atoms with Crippen LogP contribution >= 0.6 is 0 Å². The van der Waals surface area contributed by atoms with E-state index in [9.17, 15) is 4.39 Å². The molecule has 0 aliphatic rings. The number of nitrogens with two attached hydrogens (primary N) is 1. The van der Waals surface area contributed by atoms with E-state index >= 15 is 0 Å². The SMILES string of the molecule is Cc1ccc(F)c2nc(N)c(C(C)(C)C)cc12. The molecule has 2 N–H and O–H groups in total. The first-order valence-electron chi connectivity index (χ1n) is 5.66. The van der Waals surface area contributed by atoms with Gasteiger partial charge in [0, 0.05) is 10.9 Å². The molecule has 2 nitrogen and oxygen atoms in total. The molecule has 0 amide bonds. The number of aromatic nitrogens is 1. The van der Waals surface area contributed by atoms with Gasteiger partial charge >= 0.3 is 0 Å². The number of nitrogen functional groups attached to an aromatic ring is 1. The van der Waals surface area contributed by atoms with Crippen molar-refractivity contribution in [1.82, 2.24) is 4.98 Å². The summed E-state index contributed by atoms with van der Waals surface area (Å²) in [4.78, 5) is 4.21. The van der Waals surface area contributed by atoms with Crippen molar-refractivity contribution in [2.75, 3.05) is 5.73 Å². The highest BCUT2D eigenvalue weighted by Gasteiger charge is 2.19. The molecule has 2 aromatic rings. The van der Waals surface area contributed by atoms with Crippen LogP contribution in [0, 0.1) is 12.7 Å². The average molecular weight is 232 g/mol. The summed E-state index contributed by atoms with van der Waals surface area (Å²) in [5.41, 5.74) is 8.15. The van der Waals surface area contributed by atoms with E-state index in [1.807, 2.05) is 13.0 Å². The highest BCUT2D eigenvalue weighted by molar-refractivity contribution is 5.85. The lowest BCUT2D eigenvalue weighted by atomic mass is 9.86. The molecule has 90 valence electrons. The third-order valence-electron chi connectivity index (χ3n) is 2.99. The maximum absolute atomic E-state index is 13.7.